The maximum atomic E-state index is 4.92. The van der Waals surface area contributed by atoms with Crippen molar-refractivity contribution in [1.82, 2.24) is 19.5 Å². The Morgan fingerprint density at radius 3 is 1.66 bits per heavy atom. The summed E-state index contributed by atoms with van der Waals surface area (Å²) in [7, 11) is 0. The minimum atomic E-state index is 0.654. The molecule has 2 aromatic heterocycles. The Labute approximate surface area is 255 Å². The maximum Gasteiger partial charge on any atom is 0.164 e. The topological polar surface area (TPSA) is 43.6 Å². The van der Waals surface area contributed by atoms with Crippen molar-refractivity contribution in [2.45, 2.75) is 6.42 Å². The zero-order valence-corrected chi connectivity index (χ0v) is 23.9. The van der Waals surface area contributed by atoms with Crippen LogP contribution in [0.1, 0.15) is 11.1 Å². The number of nitrogens with zero attached hydrogens (tertiary/aromatic N) is 4. The molecule has 0 atom stereocenters. The lowest BCUT2D eigenvalue weighted by atomic mass is 10.0. The number of para-hydroxylation sites is 1. The zero-order valence-electron chi connectivity index (χ0n) is 23.9. The second-order valence-corrected chi connectivity index (χ2v) is 11.3. The molecule has 4 heteroatoms. The molecule has 2 heterocycles. The molecule has 0 unspecified atom stereocenters. The first-order valence-corrected chi connectivity index (χ1v) is 14.9. The van der Waals surface area contributed by atoms with Gasteiger partial charge in [-0.3, -0.25) is 0 Å². The van der Waals surface area contributed by atoms with Crippen molar-refractivity contribution in [3.63, 3.8) is 0 Å². The van der Waals surface area contributed by atoms with Gasteiger partial charge in [0.15, 0.2) is 17.5 Å². The number of fused-ring (bicyclic) bond motifs is 6. The Hall–Kier alpha value is -5.87. The van der Waals surface area contributed by atoms with Crippen LogP contribution in [-0.2, 0) is 6.42 Å². The highest BCUT2D eigenvalue weighted by molar-refractivity contribution is 6.11. The molecule has 0 fully saturated rings. The molecule has 0 amide bonds. The van der Waals surface area contributed by atoms with E-state index in [9.17, 15) is 0 Å². The van der Waals surface area contributed by atoms with Crippen LogP contribution in [0.2, 0.25) is 0 Å². The Kier molecular flexibility index (Phi) is 5.53. The van der Waals surface area contributed by atoms with Crippen molar-refractivity contribution >= 4 is 21.8 Å². The molecule has 0 bridgehead atoms. The second-order valence-electron chi connectivity index (χ2n) is 11.3. The molecule has 9 rings (SSSR count). The van der Waals surface area contributed by atoms with Gasteiger partial charge in [-0.15, -0.1) is 0 Å². The molecule has 0 saturated heterocycles. The van der Waals surface area contributed by atoms with Gasteiger partial charge in [0.2, 0.25) is 0 Å². The van der Waals surface area contributed by atoms with Crippen molar-refractivity contribution < 1.29 is 0 Å². The van der Waals surface area contributed by atoms with Crippen LogP contribution >= 0.6 is 0 Å². The molecule has 206 valence electrons. The van der Waals surface area contributed by atoms with E-state index in [1.807, 2.05) is 60.7 Å². The summed E-state index contributed by atoms with van der Waals surface area (Å²) >= 11 is 0. The first-order chi connectivity index (χ1) is 21.8. The summed E-state index contributed by atoms with van der Waals surface area (Å²) in [5.74, 6) is 1.98. The van der Waals surface area contributed by atoms with Crippen molar-refractivity contribution in [3.8, 4) is 51.0 Å². The average molecular weight is 563 g/mol. The fourth-order valence-corrected chi connectivity index (χ4v) is 6.57. The Morgan fingerprint density at radius 2 is 0.977 bits per heavy atom. The number of rotatable bonds is 4. The van der Waals surface area contributed by atoms with Gasteiger partial charge in [0.25, 0.3) is 0 Å². The van der Waals surface area contributed by atoms with E-state index in [1.54, 1.807) is 0 Å². The third-order valence-corrected chi connectivity index (χ3v) is 8.67. The van der Waals surface area contributed by atoms with Gasteiger partial charge in [-0.1, -0.05) is 103 Å². The van der Waals surface area contributed by atoms with Gasteiger partial charge < -0.3 is 4.57 Å². The molecule has 1 aliphatic carbocycles. The molecule has 0 aliphatic heterocycles. The van der Waals surface area contributed by atoms with Crippen LogP contribution in [-0.4, -0.2) is 19.5 Å². The third-order valence-electron chi connectivity index (χ3n) is 8.67. The van der Waals surface area contributed by atoms with Crippen LogP contribution in [0.3, 0.4) is 0 Å². The number of hydrogen-bond acceptors (Lipinski definition) is 3. The first kappa shape index (κ1) is 24.7. The van der Waals surface area contributed by atoms with Crippen LogP contribution in [0.25, 0.3) is 72.8 Å². The largest absolute Gasteiger partial charge is 0.309 e. The molecule has 0 saturated carbocycles. The predicted octanol–water partition coefficient (Wildman–Crippen LogP) is 9.54. The molecule has 0 spiro atoms. The van der Waals surface area contributed by atoms with E-state index in [2.05, 4.69) is 89.5 Å². The summed E-state index contributed by atoms with van der Waals surface area (Å²) < 4.78 is 2.38. The summed E-state index contributed by atoms with van der Waals surface area (Å²) in [5.41, 5.74) is 11.9. The van der Waals surface area contributed by atoms with E-state index in [0.717, 1.165) is 28.8 Å². The zero-order chi connectivity index (χ0) is 29.0. The van der Waals surface area contributed by atoms with Gasteiger partial charge in [0.05, 0.1) is 11.0 Å². The van der Waals surface area contributed by atoms with Gasteiger partial charge in [0, 0.05) is 33.2 Å². The van der Waals surface area contributed by atoms with Crippen LogP contribution in [0.4, 0.5) is 0 Å². The highest BCUT2D eigenvalue weighted by atomic mass is 15.0. The standard InChI is InChI=1S/C40H26N4/c1-3-11-26(12-4-1)38-41-39(27-13-5-2-6-14-27)43-40(42-38)28-19-21-31(22-20-28)44-36-18-10-9-17-33(36)35-24-30-23-29-15-7-8-16-32(29)34(30)25-37(35)44/h1-22,24-25H,23H2. The highest BCUT2D eigenvalue weighted by Gasteiger charge is 2.22. The van der Waals surface area contributed by atoms with Crippen molar-refractivity contribution in [1.29, 1.82) is 0 Å². The lowest BCUT2D eigenvalue weighted by Gasteiger charge is -2.11. The number of aromatic nitrogens is 4. The van der Waals surface area contributed by atoms with Gasteiger partial charge in [-0.25, -0.2) is 15.0 Å². The molecule has 1 aliphatic rings. The van der Waals surface area contributed by atoms with Crippen molar-refractivity contribution in [3.05, 3.63) is 157 Å². The van der Waals surface area contributed by atoms with E-state index in [1.165, 1.54) is 44.1 Å². The van der Waals surface area contributed by atoms with Crippen LogP contribution in [0.5, 0.6) is 0 Å². The molecule has 4 nitrogen and oxygen atoms in total. The number of benzene rings is 6. The van der Waals surface area contributed by atoms with Gasteiger partial charge in [0.1, 0.15) is 0 Å². The fourth-order valence-electron chi connectivity index (χ4n) is 6.57. The summed E-state index contributed by atoms with van der Waals surface area (Å²) in [6.45, 7) is 0. The molecule has 0 radical (unpaired) electrons. The monoisotopic (exact) mass is 562 g/mol. The minimum Gasteiger partial charge on any atom is -0.309 e. The van der Waals surface area contributed by atoms with Crippen molar-refractivity contribution in [2.75, 3.05) is 0 Å². The van der Waals surface area contributed by atoms with Gasteiger partial charge in [-0.2, -0.15) is 0 Å². The average Bonchev–Trinajstić information content (AvgIpc) is 3.63. The van der Waals surface area contributed by atoms with E-state index in [4.69, 9.17) is 15.0 Å². The van der Waals surface area contributed by atoms with Crippen molar-refractivity contribution in [2.24, 2.45) is 0 Å². The Morgan fingerprint density at radius 1 is 0.409 bits per heavy atom. The summed E-state index contributed by atoms with van der Waals surface area (Å²) in [5, 5.41) is 2.55. The lowest BCUT2D eigenvalue weighted by molar-refractivity contribution is 1.07. The maximum absolute atomic E-state index is 4.92. The van der Waals surface area contributed by atoms with E-state index < -0.39 is 0 Å². The quantitative estimate of drug-likeness (QED) is 0.215. The van der Waals surface area contributed by atoms with Crippen LogP contribution < -0.4 is 0 Å². The predicted molar refractivity (Wildman–Crippen MR) is 179 cm³/mol. The lowest BCUT2D eigenvalue weighted by Crippen LogP contribution is -2.00. The first-order valence-electron chi connectivity index (χ1n) is 14.9. The smallest absolute Gasteiger partial charge is 0.164 e. The minimum absolute atomic E-state index is 0.654. The highest BCUT2D eigenvalue weighted by Crippen LogP contribution is 2.42. The Balaban J connectivity index is 1.19. The van der Waals surface area contributed by atoms with Crippen LogP contribution in [0.15, 0.2) is 146 Å². The molecule has 6 aromatic carbocycles. The summed E-state index contributed by atoms with van der Waals surface area (Å²) in [6, 6.07) is 51.0. The van der Waals surface area contributed by atoms with E-state index in [-0.39, 0.29) is 0 Å². The van der Waals surface area contributed by atoms with Gasteiger partial charge in [-0.05, 0) is 71.1 Å². The summed E-state index contributed by atoms with van der Waals surface area (Å²) in [6.07, 6.45) is 0.984. The second kappa shape index (κ2) is 9.85. The number of hydrogen-bond donors (Lipinski definition) is 0. The molecule has 8 aromatic rings. The third kappa shape index (κ3) is 3.96. The van der Waals surface area contributed by atoms with Gasteiger partial charge >= 0.3 is 0 Å². The van der Waals surface area contributed by atoms with E-state index in [0.29, 0.717) is 17.5 Å². The molecular weight excluding hydrogens is 536 g/mol. The summed E-state index contributed by atoms with van der Waals surface area (Å²) in [4.78, 5) is 14.7. The molecular formula is C40H26N4. The van der Waals surface area contributed by atoms with Crippen LogP contribution in [0, 0.1) is 0 Å². The Bertz CT molecular complexity index is 2280. The molecule has 44 heavy (non-hydrogen) atoms. The molecule has 0 N–H and O–H groups in total. The SMILES string of the molecule is c1ccc(-c2nc(-c3ccccc3)nc(-c3ccc(-n4c5ccccc5c5cc6c(cc54)-c4ccccc4C6)cc3)n2)cc1. The fraction of sp³-hybridized carbons (Fsp3) is 0.0250. The normalized spacial score (nSPS) is 12.0. The van der Waals surface area contributed by atoms with E-state index >= 15 is 0 Å².